The van der Waals surface area contributed by atoms with Gasteiger partial charge >= 0.3 is 5.97 Å². The number of rotatable bonds is 4. The zero-order valence-corrected chi connectivity index (χ0v) is 15.7. The number of piperazine rings is 1. The van der Waals surface area contributed by atoms with Gasteiger partial charge in [0.2, 0.25) is 5.13 Å². The van der Waals surface area contributed by atoms with E-state index in [1.54, 1.807) is 0 Å². The predicted molar refractivity (Wildman–Crippen MR) is 98.5 cm³/mol. The highest BCUT2D eigenvalue weighted by molar-refractivity contribution is 7.09. The first kappa shape index (κ1) is 18.3. The molecule has 3 rings (SSSR count). The third kappa shape index (κ3) is 3.56. The maximum absolute atomic E-state index is 11.7. The van der Waals surface area contributed by atoms with Crippen molar-refractivity contribution in [3.63, 3.8) is 0 Å². The summed E-state index contributed by atoms with van der Waals surface area (Å²) in [4.78, 5) is 31.1. The summed E-state index contributed by atoms with van der Waals surface area (Å²) < 4.78 is 8.80. The highest BCUT2D eigenvalue weighted by Gasteiger charge is 2.28. The zero-order chi connectivity index (χ0) is 18.8. The highest BCUT2D eigenvalue weighted by atomic mass is 35.5. The minimum atomic E-state index is -0.707. The van der Waals surface area contributed by atoms with Crippen LogP contribution in [-0.4, -0.2) is 53.5 Å². The topological polar surface area (TPSA) is 102 Å². The third-order valence-corrected chi connectivity index (χ3v) is 5.25. The van der Waals surface area contributed by atoms with E-state index in [1.165, 1.54) is 30.8 Å². The summed E-state index contributed by atoms with van der Waals surface area (Å²) in [6.07, 6.45) is 0. The van der Waals surface area contributed by atoms with Gasteiger partial charge in [0.15, 0.2) is 0 Å². The molecule has 1 aliphatic heterocycles. The van der Waals surface area contributed by atoms with Gasteiger partial charge in [-0.1, -0.05) is 11.6 Å². The smallest absolute Gasteiger partial charge is 0.339 e. The van der Waals surface area contributed by atoms with Gasteiger partial charge in [0, 0.05) is 43.8 Å². The standard InChI is InChI=1S/C15H16ClN5O4S/c1-9-17-15(26-18-9)20-5-3-19(4-6-20)12-8-11(16)10(14(22)25-2)7-13(12)21(23)24/h7-8H,3-6H2,1-2H3. The van der Waals surface area contributed by atoms with E-state index < -0.39 is 10.9 Å². The number of carbonyl (C=O) groups is 1. The molecule has 1 saturated heterocycles. The average Bonchev–Trinajstić information content (AvgIpc) is 3.07. The highest BCUT2D eigenvalue weighted by Crippen LogP contribution is 2.35. The molecular formula is C15H16ClN5O4S. The molecule has 0 amide bonds. The molecule has 9 nitrogen and oxygen atoms in total. The summed E-state index contributed by atoms with van der Waals surface area (Å²) in [6, 6.07) is 2.63. The van der Waals surface area contributed by atoms with Gasteiger partial charge < -0.3 is 14.5 Å². The third-order valence-electron chi connectivity index (χ3n) is 4.07. The number of anilines is 2. The summed E-state index contributed by atoms with van der Waals surface area (Å²) in [7, 11) is 1.20. The zero-order valence-electron chi connectivity index (χ0n) is 14.1. The molecule has 0 saturated carbocycles. The van der Waals surface area contributed by atoms with Gasteiger partial charge in [0.25, 0.3) is 5.69 Å². The van der Waals surface area contributed by atoms with E-state index in [0.29, 0.717) is 31.9 Å². The summed E-state index contributed by atoms with van der Waals surface area (Å²) in [5.41, 5.74) is 0.198. The lowest BCUT2D eigenvalue weighted by atomic mass is 10.1. The Morgan fingerprint density at radius 3 is 2.50 bits per heavy atom. The lowest BCUT2D eigenvalue weighted by molar-refractivity contribution is -0.384. The monoisotopic (exact) mass is 397 g/mol. The molecule has 1 aromatic carbocycles. The van der Waals surface area contributed by atoms with Crippen LogP contribution in [0.3, 0.4) is 0 Å². The number of hydrogen-bond donors (Lipinski definition) is 0. The fourth-order valence-corrected chi connectivity index (χ4v) is 3.73. The van der Waals surface area contributed by atoms with Gasteiger partial charge in [-0.15, -0.1) is 0 Å². The van der Waals surface area contributed by atoms with Crippen LogP contribution >= 0.6 is 23.1 Å². The van der Waals surface area contributed by atoms with E-state index in [2.05, 4.69) is 19.0 Å². The number of benzene rings is 1. The van der Waals surface area contributed by atoms with Gasteiger partial charge in [-0.25, -0.2) is 9.78 Å². The Bertz CT molecular complexity index is 851. The number of aryl methyl sites for hydroxylation is 1. The van der Waals surface area contributed by atoms with E-state index in [-0.39, 0.29) is 16.3 Å². The molecule has 11 heteroatoms. The van der Waals surface area contributed by atoms with Crippen LogP contribution in [0.15, 0.2) is 12.1 Å². The van der Waals surface area contributed by atoms with E-state index >= 15 is 0 Å². The number of nitro groups is 1. The molecule has 138 valence electrons. The summed E-state index contributed by atoms with van der Waals surface area (Å²) in [5.74, 6) is 0.0226. The molecule has 0 radical (unpaired) electrons. The first-order valence-electron chi connectivity index (χ1n) is 7.77. The number of nitrogens with zero attached hydrogens (tertiary/aromatic N) is 5. The van der Waals surface area contributed by atoms with Crippen LogP contribution < -0.4 is 9.80 Å². The van der Waals surface area contributed by atoms with Crippen LogP contribution in [0.25, 0.3) is 0 Å². The normalized spacial score (nSPS) is 14.4. The van der Waals surface area contributed by atoms with Crippen molar-refractivity contribution in [1.82, 2.24) is 9.36 Å². The molecule has 0 spiro atoms. The lowest BCUT2D eigenvalue weighted by Gasteiger charge is -2.35. The van der Waals surface area contributed by atoms with Crippen LogP contribution in [0.2, 0.25) is 5.02 Å². The van der Waals surface area contributed by atoms with Crippen molar-refractivity contribution in [3.8, 4) is 0 Å². The molecule has 26 heavy (non-hydrogen) atoms. The molecule has 0 aliphatic carbocycles. The summed E-state index contributed by atoms with van der Waals surface area (Å²) in [5, 5.41) is 12.5. The number of nitro benzene ring substituents is 1. The minimum absolute atomic E-state index is 0.0208. The quantitative estimate of drug-likeness (QED) is 0.440. The molecule has 0 unspecified atom stereocenters. The molecule has 2 aromatic rings. The Hall–Kier alpha value is -2.46. The number of esters is 1. The lowest BCUT2D eigenvalue weighted by Crippen LogP contribution is -2.46. The maximum atomic E-state index is 11.7. The summed E-state index contributed by atoms with van der Waals surface area (Å²) >= 11 is 7.49. The van der Waals surface area contributed by atoms with Crippen LogP contribution in [0.4, 0.5) is 16.5 Å². The number of aromatic nitrogens is 2. The first-order chi connectivity index (χ1) is 12.4. The van der Waals surface area contributed by atoms with E-state index in [4.69, 9.17) is 11.6 Å². The molecule has 1 aromatic heterocycles. The largest absolute Gasteiger partial charge is 0.465 e. The van der Waals surface area contributed by atoms with Crippen molar-refractivity contribution in [2.75, 3.05) is 43.1 Å². The number of halogens is 1. The number of hydrogen-bond acceptors (Lipinski definition) is 9. The Labute approximate surface area is 158 Å². The fourth-order valence-electron chi connectivity index (χ4n) is 2.77. The van der Waals surface area contributed by atoms with Crippen LogP contribution in [0, 0.1) is 17.0 Å². The van der Waals surface area contributed by atoms with Gasteiger partial charge in [-0.05, 0) is 13.0 Å². The number of ether oxygens (including phenoxy) is 1. The van der Waals surface area contributed by atoms with E-state index in [0.717, 1.165) is 11.0 Å². The van der Waals surface area contributed by atoms with E-state index in [1.807, 2.05) is 11.8 Å². The number of carbonyl (C=O) groups excluding carboxylic acids is 1. The Kier molecular flexibility index (Phi) is 5.23. The second-order valence-corrected chi connectivity index (χ2v) is 6.81. The second kappa shape index (κ2) is 7.42. The molecule has 0 bridgehead atoms. The van der Waals surface area contributed by atoms with Crippen molar-refractivity contribution in [3.05, 3.63) is 38.7 Å². The van der Waals surface area contributed by atoms with Crippen molar-refractivity contribution >= 4 is 45.6 Å². The Morgan fingerprint density at radius 1 is 1.31 bits per heavy atom. The molecule has 1 fully saturated rings. The van der Waals surface area contributed by atoms with Crippen molar-refractivity contribution in [2.24, 2.45) is 0 Å². The average molecular weight is 398 g/mol. The van der Waals surface area contributed by atoms with Crippen LogP contribution in [0.5, 0.6) is 0 Å². The van der Waals surface area contributed by atoms with Gasteiger partial charge in [0.05, 0.1) is 22.6 Å². The Balaban J connectivity index is 1.84. The molecule has 0 N–H and O–H groups in total. The van der Waals surface area contributed by atoms with Crippen LogP contribution in [0.1, 0.15) is 16.2 Å². The predicted octanol–water partition coefficient (Wildman–Crippen LogP) is 2.52. The SMILES string of the molecule is COC(=O)c1cc([N+](=O)[O-])c(N2CCN(c3nc(C)ns3)CC2)cc1Cl. The molecule has 1 aliphatic rings. The van der Waals surface area contributed by atoms with Gasteiger partial charge in [0.1, 0.15) is 11.5 Å². The van der Waals surface area contributed by atoms with Crippen molar-refractivity contribution in [1.29, 1.82) is 0 Å². The fraction of sp³-hybridized carbons (Fsp3) is 0.400. The Morgan fingerprint density at radius 2 is 1.96 bits per heavy atom. The first-order valence-corrected chi connectivity index (χ1v) is 8.92. The van der Waals surface area contributed by atoms with Crippen molar-refractivity contribution < 1.29 is 14.5 Å². The van der Waals surface area contributed by atoms with Crippen LogP contribution in [-0.2, 0) is 4.74 Å². The second-order valence-electron chi connectivity index (χ2n) is 5.67. The number of methoxy groups -OCH3 is 1. The van der Waals surface area contributed by atoms with Crippen molar-refractivity contribution in [2.45, 2.75) is 6.92 Å². The summed E-state index contributed by atoms with van der Waals surface area (Å²) in [6.45, 7) is 4.27. The van der Waals surface area contributed by atoms with E-state index in [9.17, 15) is 14.9 Å². The molecule has 0 atom stereocenters. The van der Waals surface area contributed by atoms with Gasteiger partial charge in [-0.3, -0.25) is 10.1 Å². The molecule has 2 heterocycles. The molecular weight excluding hydrogens is 382 g/mol. The maximum Gasteiger partial charge on any atom is 0.339 e. The van der Waals surface area contributed by atoms with Gasteiger partial charge in [-0.2, -0.15) is 4.37 Å². The minimum Gasteiger partial charge on any atom is -0.465 e.